The molecule has 1 aromatic rings. The summed E-state index contributed by atoms with van der Waals surface area (Å²) in [5, 5.41) is 7.04. The van der Waals surface area contributed by atoms with E-state index in [9.17, 15) is 9.59 Å². The van der Waals surface area contributed by atoms with Crippen LogP contribution in [0.15, 0.2) is 4.90 Å². The lowest BCUT2D eigenvalue weighted by Gasteiger charge is -2.22. The van der Waals surface area contributed by atoms with E-state index in [0.29, 0.717) is 12.5 Å². The molecule has 0 saturated heterocycles. The van der Waals surface area contributed by atoms with E-state index in [1.165, 1.54) is 5.56 Å². The van der Waals surface area contributed by atoms with Crippen molar-refractivity contribution in [3.8, 4) is 0 Å². The molecule has 0 aliphatic heterocycles. The SMILES string of the molecule is CCNC(=O)C1CCCc2c1sc(NC(=O)C1CC1)c2SNCC(C)C. The number of amides is 2. The maximum atomic E-state index is 12.5. The molecule has 2 aliphatic carbocycles. The Hall–Kier alpha value is -1.05. The molecular weight excluding hydrogens is 366 g/mol. The minimum absolute atomic E-state index is 0.0836. The zero-order valence-corrected chi connectivity index (χ0v) is 17.4. The van der Waals surface area contributed by atoms with Crippen molar-refractivity contribution >= 4 is 40.1 Å². The average molecular weight is 396 g/mol. The van der Waals surface area contributed by atoms with Gasteiger partial charge in [0.25, 0.3) is 0 Å². The Labute approximate surface area is 164 Å². The molecule has 0 radical (unpaired) electrons. The summed E-state index contributed by atoms with van der Waals surface area (Å²) in [4.78, 5) is 27.1. The normalized spacial score (nSPS) is 19.3. The van der Waals surface area contributed by atoms with E-state index in [1.807, 2.05) is 6.92 Å². The van der Waals surface area contributed by atoms with Crippen LogP contribution in [-0.2, 0) is 16.0 Å². The largest absolute Gasteiger partial charge is 0.356 e. The van der Waals surface area contributed by atoms with Crippen LogP contribution in [0.2, 0.25) is 0 Å². The highest BCUT2D eigenvalue weighted by atomic mass is 32.2. The Morgan fingerprint density at radius 3 is 2.65 bits per heavy atom. The fraction of sp³-hybridized carbons (Fsp3) is 0.684. The third-order valence-electron chi connectivity index (χ3n) is 4.74. The van der Waals surface area contributed by atoms with E-state index in [4.69, 9.17) is 0 Å². The molecule has 7 heteroatoms. The second-order valence-electron chi connectivity index (χ2n) is 7.55. The summed E-state index contributed by atoms with van der Waals surface area (Å²) >= 11 is 3.21. The van der Waals surface area contributed by atoms with E-state index >= 15 is 0 Å². The second-order valence-corrected chi connectivity index (χ2v) is 9.50. The molecule has 5 nitrogen and oxygen atoms in total. The van der Waals surface area contributed by atoms with E-state index in [1.54, 1.807) is 23.3 Å². The van der Waals surface area contributed by atoms with Crippen molar-refractivity contribution in [1.29, 1.82) is 0 Å². The van der Waals surface area contributed by atoms with Gasteiger partial charge < -0.3 is 10.6 Å². The highest BCUT2D eigenvalue weighted by Crippen LogP contribution is 2.47. The lowest BCUT2D eigenvalue weighted by molar-refractivity contribution is -0.122. The Morgan fingerprint density at radius 1 is 1.23 bits per heavy atom. The predicted molar refractivity (Wildman–Crippen MR) is 109 cm³/mol. The van der Waals surface area contributed by atoms with Crippen LogP contribution in [0.3, 0.4) is 0 Å². The minimum atomic E-state index is -0.0836. The second kappa shape index (κ2) is 8.76. The summed E-state index contributed by atoms with van der Waals surface area (Å²) < 4.78 is 3.44. The van der Waals surface area contributed by atoms with Crippen molar-refractivity contribution in [3.63, 3.8) is 0 Å². The highest BCUT2D eigenvalue weighted by Gasteiger charge is 2.34. The number of rotatable bonds is 8. The molecule has 1 fully saturated rings. The maximum Gasteiger partial charge on any atom is 0.228 e. The molecule has 0 aromatic carbocycles. The van der Waals surface area contributed by atoms with Gasteiger partial charge in [0.2, 0.25) is 11.8 Å². The van der Waals surface area contributed by atoms with Gasteiger partial charge in [0.15, 0.2) is 0 Å². The first-order valence-corrected chi connectivity index (χ1v) is 11.3. The van der Waals surface area contributed by atoms with Gasteiger partial charge in [-0.1, -0.05) is 13.8 Å². The first kappa shape index (κ1) is 19.7. The van der Waals surface area contributed by atoms with Gasteiger partial charge in [-0.15, -0.1) is 11.3 Å². The maximum absolute atomic E-state index is 12.5. The molecule has 1 unspecified atom stereocenters. The van der Waals surface area contributed by atoms with Gasteiger partial charge in [-0.05, 0) is 62.5 Å². The summed E-state index contributed by atoms with van der Waals surface area (Å²) in [7, 11) is 0. The van der Waals surface area contributed by atoms with Gasteiger partial charge in [0.05, 0.1) is 10.8 Å². The zero-order valence-electron chi connectivity index (χ0n) is 15.8. The lowest BCUT2D eigenvalue weighted by atomic mass is 9.88. The number of hydrogen-bond donors (Lipinski definition) is 3. The third kappa shape index (κ3) is 4.61. The molecule has 0 spiro atoms. The topological polar surface area (TPSA) is 70.2 Å². The molecule has 3 rings (SSSR count). The van der Waals surface area contributed by atoms with Gasteiger partial charge >= 0.3 is 0 Å². The van der Waals surface area contributed by atoms with Gasteiger partial charge in [-0.2, -0.15) is 0 Å². The zero-order chi connectivity index (χ0) is 18.7. The van der Waals surface area contributed by atoms with Crippen LogP contribution >= 0.6 is 23.3 Å². The molecule has 1 atom stereocenters. The van der Waals surface area contributed by atoms with Gasteiger partial charge in [-0.25, -0.2) is 0 Å². The van der Waals surface area contributed by atoms with Gasteiger partial charge in [0, 0.05) is 23.9 Å². The van der Waals surface area contributed by atoms with E-state index < -0.39 is 0 Å². The van der Waals surface area contributed by atoms with Crippen LogP contribution in [0.25, 0.3) is 0 Å². The molecule has 1 saturated carbocycles. The van der Waals surface area contributed by atoms with E-state index in [-0.39, 0.29) is 23.7 Å². The van der Waals surface area contributed by atoms with Crippen LogP contribution in [-0.4, -0.2) is 24.9 Å². The Balaban J connectivity index is 1.86. The van der Waals surface area contributed by atoms with Crippen molar-refractivity contribution in [2.45, 2.75) is 63.7 Å². The summed E-state index contributed by atoms with van der Waals surface area (Å²) in [5.41, 5.74) is 1.25. The fourth-order valence-corrected chi connectivity index (χ4v) is 5.81. The Morgan fingerprint density at radius 2 is 2.00 bits per heavy atom. The molecule has 26 heavy (non-hydrogen) atoms. The fourth-order valence-electron chi connectivity index (χ4n) is 3.18. The number of hydrogen-bond acceptors (Lipinski definition) is 5. The molecule has 144 valence electrons. The number of thiophene rings is 1. The molecular formula is C19H29N3O2S2. The standard InChI is InChI=1S/C19H29N3O2S2/c1-4-20-18(24)14-7-5-6-13-15(14)25-19(22-17(23)12-8-9-12)16(13)26-21-10-11(2)3/h11-12,14,21H,4-10H2,1-3H3,(H,20,24)(H,22,23). The number of carbonyl (C=O) groups is 2. The number of anilines is 1. The number of fused-ring (bicyclic) bond motifs is 1. The molecule has 2 amide bonds. The predicted octanol–water partition coefficient (Wildman–Crippen LogP) is 3.91. The number of nitrogens with one attached hydrogen (secondary N) is 3. The average Bonchev–Trinajstić information content (AvgIpc) is 3.39. The summed E-state index contributed by atoms with van der Waals surface area (Å²) in [5.74, 6) is 0.893. The third-order valence-corrected chi connectivity index (χ3v) is 7.10. The van der Waals surface area contributed by atoms with Crippen LogP contribution in [0.5, 0.6) is 0 Å². The van der Waals surface area contributed by atoms with Crippen molar-refractivity contribution in [1.82, 2.24) is 10.0 Å². The van der Waals surface area contributed by atoms with Crippen molar-refractivity contribution in [2.75, 3.05) is 18.4 Å². The van der Waals surface area contributed by atoms with E-state index in [2.05, 4.69) is 29.2 Å². The van der Waals surface area contributed by atoms with E-state index in [0.717, 1.165) is 53.4 Å². The van der Waals surface area contributed by atoms with Gasteiger partial charge in [-0.3, -0.25) is 14.3 Å². The van der Waals surface area contributed by atoms with Crippen LogP contribution in [0, 0.1) is 11.8 Å². The highest BCUT2D eigenvalue weighted by molar-refractivity contribution is 7.97. The van der Waals surface area contributed by atoms with Crippen molar-refractivity contribution < 1.29 is 9.59 Å². The summed E-state index contributed by atoms with van der Waals surface area (Å²) in [6, 6.07) is 0. The monoisotopic (exact) mass is 395 g/mol. The number of carbonyl (C=O) groups excluding carboxylic acids is 2. The Kier molecular flexibility index (Phi) is 6.64. The van der Waals surface area contributed by atoms with Crippen molar-refractivity contribution in [3.05, 3.63) is 10.4 Å². The van der Waals surface area contributed by atoms with Crippen molar-refractivity contribution in [2.24, 2.45) is 11.8 Å². The summed E-state index contributed by atoms with van der Waals surface area (Å²) in [6.45, 7) is 7.87. The quantitative estimate of drug-likeness (QED) is 0.584. The minimum Gasteiger partial charge on any atom is -0.356 e. The Bertz CT molecular complexity index is 668. The van der Waals surface area contributed by atoms with Crippen LogP contribution in [0.4, 0.5) is 5.00 Å². The lowest BCUT2D eigenvalue weighted by Crippen LogP contribution is -2.30. The summed E-state index contributed by atoms with van der Waals surface area (Å²) in [6.07, 6.45) is 4.87. The molecule has 1 heterocycles. The molecule has 0 bridgehead atoms. The number of likely N-dealkylation sites (N-methyl/N-ethyl adjacent to an activating group) is 1. The van der Waals surface area contributed by atoms with Crippen LogP contribution < -0.4 is 15.4 Å². The smallest absolute Gasteiger partial charge is 0.228 e. The first-order chi connectivity index (χ1) is 12.5. The molecule has 2 aliphatic rings. The first-order valence-electron chi connectivity index (χ1n) is 9.65. The van der Waals surface area contributed by atoms with Gasteiger partial charge in [0.1, 0.15) is 5.00 Å². The molecule has 3 N–H and O–H groups in total. The molecule has 1 aromatic heterocycles. The van der Waals surface area contributed by atoms with Crippen LogP contribution in [0.1, 0.15) is 62.8 Å².